The number of hydrogen-bond acceptors (Lipinski definition) is 7. The summed E-state index contributed by atoms with van der Waals surface area (Å²) in [6, 6.07) is 10.6. The van der Waals surface area contributed by atoms with Gasteiger partial charge in [-0.15, -0.1) is 0 Å². The number of nitrogens with two attached hydrogens (primary N) is 1. The molecule has 2 aromatic heterocycles. The van der Waals surface area contributed by atoms with Crippen LogP contribution in [0.25, 0.3) is 26.4 Å². The quantitative estimate of drug-likeness (QED) is 0.184. The number of hydrogen-bond donors (Lipinski definition) is 4. The lowest BCUT2D eigenvalue weighted by Crippen LogP contribution is -2.29. The molecule has 0 aliphatic heterocycles. The molecule has 0 radical (unpaired) electrons. The second-order valence-electron chi connectivity index (χ2n) is 7.93. The van der Waals surface area contributed by atoms with Crippen molar-refractivity contribution >= 4 is 45.4 Å². The molecule has 5 N–H and O–H groups in total. The average Bonchev–Trinajstić information content (AvgIpc) is 3.47. The number of benzene rings is 2. The summed E-state index contributed by atoms with van der Waals surface area (Å²) in [6.45, 7) is 7.76. The van der Waals surface area contributed by atoms with Crippen molar-refractivity contribution in [1.82, 2.24) is 19.6 Å². The molecule has 38 heavy (non-hydrogen) atoms. The lowest BCUT2D eigenvalue weighted by molar-refractivity contribution is -0.123. The van der Waals surface area contributed by atoms with E-state index in [9.17, 15) is 9.18 Å². The van der Waals surface area contributed by atoms with Crippen LogP contribution in [0.15, 0.2) is 42.6 Å². The highest BCUT2D eigenvalue weighted by molar-refractivity contribution is 7.23. The van der Waals surface area contributed by atoms with Gasteiger partial charge in [0, 0.05) is 30.4 Å². The lowest BCUT2D eigenvalue weighted by Gasteiger charge is -2.17. The second-order valence-corrected chi connectivity index (χ2v) is 8.94. The summed E-state index contributed by atoms with van der Waals surface area (Å²) >= 11 is 1.48. The molecule has 4 aromatic rings. The number of carbonyl (C=O) groups excluding carboxylic acids is 1. The van der Waals surface area contributed by atoms with Gasteiger partial charge < -0.3 is 26.2 Å². The van der Waals surface area contributed by atoms with Gasteiger partial charge in [0.1, 0.15) is 5.82 Å². The Labute approximate surface area is 223 Å². The van der Waals surface area contributed by atoms with Crippen LogP contribution in [0.3, 0.4) is 0 Å². The third-order valence-electron chi connectivity index (χ3n) is 5.73. The zero-order valence-electron chi connectivity index (χ0n) is 21.3. The maximum Gasteiger partial charge on any atom is 0.290 e. The number of carboxylic acid groups (broad SMARTS) is 2. The fraction of sp³-hybridized carbons (Fsp3) is 0.308. The number of halogens is 1. The molecule has 0 fully saturated rings. The van der Waals surface area contributed by atoms with Crippen LogP contribution in [0.1, 0.15) is 36.2 Å². The first-order chi connectivity index (χ1) is 18.4. The Bertz CT molecular complexity index is 1350. The molecule has 204 valence electrons. The molecule has 10 nitrogen and oxygen atoms in total. The highest BCUT2D eigenvalue weighted by atomic mass is 32.1. The van der Waals surface area contributed by atoms with Crippen LogP contribution in [-0.4, -0.2) is 69.5 Å². The fourth-order valence-electron chi connectivity index (χ4n) is 3.81. The van der Waals surface area contributed by atoms with E-state index in [0.29, 0.717) is 29.9 Å². The monoisotopic (exact) mass is 545 g/mol. The van der Waals surface area contributed by atoms with Gasteiger partial charge in [0.2, 0.25) is 0 Å². The van der Waals surface area contributed by atoms with Gasteiger partial charge in [0.15, 0.2) is 4.96 Å². The molecule has 0 spiro atoms. The summed E-state index contributed by atoms with van der Waals surface area (Å²) in [4.78, 5) is 37.0. The zero-order valence-corrected chi connectivity index (χ0v) is 22.1. The number of amides is 1. The van der Waals surface area contributed by atoms with Crippen LogP contribution < -0.4 is 11.1 Å². The van der Waals surface area contributed by atoms with Gasteiger partial charge in [-0.25, -0.2) is 9.37 Å². The first-order valence-corrected chi connectivity index (χ1v) is 12.8. The Morgan fingerprint density at radius 3 is 2.45 bits per heavy atom. The van der Waals surface area contributed by atoms with Crippen molar-refractivity contribution in [2.24, 2.45) is 5.73 Å². The molecular weight excluding hydrogens is 513 g/mol. The summed E-state index contributed by atoms with van der Waals surface area (Å²) in [5, 5.41) is 16.8. The van der Waals surface area contributed by atoms with Gasteiger partial charge in [-0.3, -0.25) is 18.8 Å². The van der Waals surface area contributed by atoms with E-state index in [1.807, 2.05) is 34.9 Å². The van der Waals surface area contributed by atoms with Crippen LogP contribution in [0, 0.1) is 5.82 Å². The lowest BCUT2D eigenvalue weighted by atomic mass is 10.1. The van der Waals surface area contributed by atoms with E-state index in [4.69, 9.17) is 25.5 Å². The van der Waals surface area contributed by atoms with Crippen LogP contribution in [0.4, 0.5) is 4.39 Å². The molecule has 0 unspecified atom stereocenters. The van der Waals surface area contributed by atoms with Crippen LogP contribution in [-0.2, 0) is 16.1 Å². The molecule has 0 saturated carbocycles. The summed E-state index contributed by atoms with van der Waals surface area (Å²) in [7, 11) is 0. The minimum absolute atomic E-state index is 0.0692. The topological polar surface area (TPSA) is 150 Å². The Kier molecular flexibility index (Phi) is 12.3. The van der Waals surface area contributed by atoms with Crippen molar-refractivity contribution in [2.45, 2.75) is 26.8 Å². The first kappa shape index (κ1) is 30.4. The third-order valence-corrected chi connectivity index (χ3v) is 6.75. The summed E-state index contributed by atoms with van der Waals surface area (Å²) in [6.07, 6.45) is 2.76. The number of fused-ring (bicyclic) bond motifs is 3. The summed E-state index contributed by atoms with van der Waals surface area (Å²) in [5.74, 6) is -0.400. The molecule has 12 heteroatoms. The van der Waals surface area contributed by atoms with Gasteiger partial charge in [-0.2, -0.15) is 0 Å². The number of aromatic nitrogens is 2. The number of nitrogens with one attached hydrogen (secondary N) is 1. The highest BCUT2D eigenvalue weighted by Gasteiger charge is 2.15. The van der Waals surface area contributed by atoms with Gasteiger partial charge in [-0.05, 0) is 62.0 Å². The molecule has 0 saturated heterocycles. The molecule has 4 rings (SSSR count). The van der Waals surface area contributed by atoms with Crippen molar-refractivity contribution in [3.63, 3.8) is 0 Å². The van der Waals surface area contributed by atoms with Crippen LogP contribution in [0.2, 0.25) is 0 Å². The molecule has 0 bridgehead atoms. The Morgan fingerprint density at radius 1 is 1.16 bits per heavy atom. The predicted octanol–water partition coefficient (Wildman–Crippen LogP) is 3.68. The number of thiazole rings is 1. The molecule has 0 aliphatic rings. The number of nitrogens with zero attached hydrogens (tertiary/aromatic N) is 3. The van der Waals surface area contributed by atoms with E-state index in [-0.39, 0.29) is 24.7 Å². The van der Waals surface area contributed by atoms with Crippen molar-refractivity contribution < 1.29 is 29.0 Å². The minimum Gasteiger partial charge on any atom is -0.483 e. The maximum absolute atomic E-state index is 14.5. The fourth-order valence-corrected chi connectivity index (χ4v) is 4.86. The molecule has 0 aliphatic carbocycles. The van der Waals surface area contributed by atoms with E-state index >= 15 is 0 Å². The van der Waals surface area contributed by atoms with E-state index in [2.05, 4.69) is 29.0 Å². The largest absolute Gasteiger partial charge is 0.483 e. The van der Waals surface area contributed by atoms with Crippen LogP contribution >= 0.6 is 11.3 Å². The van der Waals surface area contributed by atoms with Crippen molar-refractivity contribution in [3.05, 3.63) is 59.5 Å². The average molecular weight is 546 g/mol. The Morgan fingerprint density at radius 2 is 1.84 bits per heavy atom. The SMILES string of the molecule is CCN(CC)CCCNC(=O)c1ccc2c(c1)sc1nc(-c3ccc(CN)cc3F)cn12.O=CO.O=CO. The highest BCUT2D eigenvalue weighted by Crippen LogP contribution is 2.31. The molecular formula is C26H32FN5O5S. The summed E-state index contributed by atoms with van der Waals surface area (Å²) < 4.78 is 17.4. The molecule has 2 heterocycles. The van der Waals surface area contributed by atoms with Gasteiger partial charge >= 0.3 is 0 Å². The van der Waals surface area contributed by atoms with Gasteiger partial charge in [0.05, 0.1) is 15.9 Å². The smallest absolute Gasteiger partial charge is 0.290 e. The Balaban J connectivity index is 0.000000773. The van der Waals surface area contributed by atoms with E-state index in [1.165, 1.54) is 17.4 Å². The number of imidazole rings is 1. The van der Waals surface area contributed by atoms with Crippen molar-refractivity contribution in [1.29, 1.82) is 0 Å². The minimum atomic E-state index is -0.331. The van der Waals surface area contributed by atoms with Gasteiger partial charge in [-0.1, -0.05) is 31.3 Å². The molecule has 1 amide bonds. The normalized spacial score (nSPS) is 10.4. The van der Waals surface area contributed by atoms with E-state index in [1.54, 1.807) is 6.07 Å². The van der Waals surface area contributed by atoms with Crippen molar-refractivity contribution in [3.8, 4) is 11.3 Å². The Hall–Kier alpha value is -3.87. The standard InChI is InChI=1S/C24H28FN5OS.2CH2O2/c1-3-29(4-2)11-5-10-27-23(31)17-7-9-21-22(13-17)32-24-28-20(15-30(21)24)18-8-6-16(14-26)12-19(18)25;2*2-1-3/h6-9,12-13,15H,3-5,10-11,14,26H2,1-2H3,(H,27,31);2*1H,(H,2,3). The van der Waals surface area contributed by atoms with Crippen LogP contribution in [0.5, 0.6) is 0 Å². The van der Waals surface area contributed by atoms with Gasteiger partial charge in [0.25, 0.3) is 18.9 Å². The first-order valence-electron chi connectivity index (χ1n) is 11.9. The molecule has 2 aromatic carbocycles. The predicted molar refractivity (Wildman–Crippen MR) is 146 cm³/mol. The van der Waals surface area contributed by atoms with E-state index in [0.717, 1.165) is 46.8 Å². The number of carbonyl (C=O) groups is 3. The van der Waals surface area contributed by atoms with E-state index < -0.39 is 0 Å². The second kappa shape index (κ2) is 15.4. The maximum atomic E-state index is 14.5. The number of rotatable bonds is 9. The molecule has 0 atom stereocenters. The third kappa shape index (κ3) is 7.81. The summed E-state index contributed by atoms with van der Waals surface area (Å²) in [5.41, 5.74) is 8.94. The van der Waals surface area contributed by atoms with Crippen molar-refractivity contribution in [2.75, 3.05) is 26.2 Å². The zero-order chi connectivity index (χ0) is 28.1.